The van der Waals surface area contributed by atoms with Gasteiger partial charge in [-0.2, -0.15) is 0 Å². The third-order valence-electron chi connectivity index (χ3n) is 14.5. The quantitative estimate of drug-likeness (QED) is 0.0261. The van der Waals surface area contributed by atoms with E-state index in [9.17, 15) is 30.3 Å². The Bertz CT molecular complexity index is 1130. The average Bonchev–Trinajstić information content (AvgIpc) is 3.35. The van der Waals surface area contributed by atoms with E-state index < -0.39 is 49.5 Å². The van der Waals surface area contributed by atoms with Crippen LogP contribution in [0.3, 0.4) is 0 Å². The Hall–Kier alpha value is -1.33. The van der Waals surface area contributed by atoms with Crippen molar-refractivity contribution >= 4 is 5.91 Å². The summed E-state index contributed by atoms with van der Waals surface area (Å²) in [6.45, 7) is 3.79. The van der Waals surface area contributed by atoms with Crippen LogP contribution in [0.15, 0.2) is 24.3 Å². The molecule has 9 heteroatoms. The fraction of sp³-hybridized carbons (Fsp3) is 0.917. The fourth-order valence-corrected chi connectivity index (χ4v) is 9.76. The molecule has 0 radical (unpaired) electrons. The molecule has 9 nitrogen and oxygen atoms in total. The number of unbranched alkanes of at least 4 members (excludes halogenated alkanes) is 40. The van der Waals surface area contributed by atoms with Crippen LogP contribution in [0.5, 0.6) is 0 Å². The van der Waals surface area contributed by atoms with Crippen LogP contribution in [0.4, 0.5) is 0 Å². The number of aliphatic hydroxyl groups is 5. The molecule has 69 heavy (non-hydrogen) atoms. The lowest BCUT2D eigenvalue weighted by molar-refractivity contribution is -0.302. The van der Waals surface area contributed by atoms with Crippen molar-refractivity contribution in [2.24, 2.45) is 0 Å². The van der Waals surface area contributed by atoms with Crippen molar-refractivity contribution in [2.45, 2.75) is 339 Å². The van der Waals surface area contributed by atoms with Crippen LogP contribution >= 0.6 is 0 Å². The van der Waals surface area contributed by atoms with Crippen LogP contribution in [0.1, 0.15) is 296 Å². The molecule has 408 valence electrons. The number of nitrogens with one attached hydrogen (secondary N) is 1. The largest absolute Gasteiger partial charge is 0.394 e. The zero-order valence-electron chi connectivity index (χ0n) is 45.3. The second-order valence-electron chi connectivity index (χ2n) is 21.1. The lowest BCUT2D eigenvalue weighted by atomic mass is 9.99. The molecule has 1 aliphatic rings. The molecular weight excluding hydrogens is 863 g/mol. The molecule has 1 aliphatic heterocycles. The van der Waals surface area contributed by atoms with Gasteiger partial charge < -0.3 is 40.3 Å². The predicted octanol–water partition coefficient (Wildman–Crippen LogP) is 15.0. The zero-order valence-corrected chi connectivity index (χ0v) is 45.3. The molecule has 1 heterocycles. The van der Waals surface area contributed by atoms with E-state index >= 15 is 0 Å². The highest BCUT2D eigenvalue weighted by molar-refractivity contribution is 5.76. The summed E-state index contributed by atoms with van der Waals surface area (Å²) in [4.78, 5) is 13.0. The van der Waals surface area contributed by atoms with Crippen molar-refractivity contribution in [3.63, 3.8) is 0 Å². The maximum absolute atomic E-state index is 13.0. The summed E-state index contributed by atoms with van der Waals surface area (Å²) >= 11 is 0. The van der Waals surface area contributed by atoms with Crippen LogP contribution in [0.25, 0.3) is 0 Å². The number of ether oxygens (including phenoxy) is 2. The molecule has 6 N–H and O–H groups in total. The van der Waals surface area contributed by atoms with E-state index in [1.165, 1.54) is 238 Å². The van der Waals surface area contributed by atoms with Crippen molar-refractivity contribution in [1.82, 2.24) is 5.32 Å². The van der Waals surface area contributed by atoms with Crippen LogP contribution in [-0.4, -0.2) is 87.5 Å². The second kappa shape index (κ2) is 50.2. The smallest absolute Gasteiger partial charge is 0.220 e. The molecule has 0 bridgehead atoms. The summed E-state index contributed by atoms with van der Waals surface area (Å²) in [6, 6.07) is -0.818. The van der Waals surface area contributed by atoms with Gasteiger partial charge in [0, 0.05) is 6.42 Å². The monoisotopic (exact) mass is 978 g/mol. The minimum atomic E-state index is -1.57. The number of amides is 1. The first-order chi connectivity index (χ1) is 33.8. The first-order valence-corrected chi connectivity index (χ1v) is 30.1. The Balaban J connectivity index is 2.13. The SMILES string of the molecule is CCCCCCCCCCC/C=C/CC/C=C/C(O)C(COC1OC(CO)C(O)C(O)C1O)NC(=O)CCCCCCCCCCCCCCCCCCCCCCCCCCCCCCCCC. The number of aliphatic hydroxyl groups excluding tert-OH is 5. The molecular formula is C60H115NO8. The van der Waals surface area contributed by atoms with Gasteiger partial charge in [-0.3, -0.25) is 4.79 Å². The van der Waals surface area contributed by atoms with Gasteiger partial charge in [-0.05, 0) is 32.1 Å². The minimum absolute atomic E-state index is 0.181. The molecule has 7 unspecified atom stereocenters. The van der Waals surface area contributed by atoms with E-state index in [1.807, 2.05) is 6.08 Å². The molecule has 0 aliphatic carbocycles. The summed E-state index contributed by atoms with van der Waals surface area (Å²) in [5, 5.41) is 54.4. The number of allylic oxidation sites excluding steroid dienone is 3. The number of hydrogen-bond donors (Lipinski definition) is 6. The predicted molar refractivity (Wildman–Crippen MR) is 290 cm³/mol. The Kier molecular flexibility index (Phi) is 47.8. The van der Waals surface area contributed by atoms with E-state index in [0.29, 0.717) is 6.42 Å². The van der Waals surface area contributed by atoms with Crippen molar-refractivity contribution in [1.29, 1.82) is 0 Å². The Morgan fingerprint density at radius 2 is 0.826 bits per heavy atom. The van der Waals surface area contributed by atoms with Crippen LogP contribution in [-0.2, 0) is 14.3 Å². The van der Waals surface area contributed by atoms with E-state index in [0.717, 1.165) is 38.5 Å². The van der Waals surface area contributed by atoms with Gasteiger partial charge in [0.1, 0.15) is 24.4 Å². The summed E-state index contributed by atoms with van der Waals surface area (Å²) in [5.41, 5.74) is 0. The van der Waals surface area contributed by atoms with Crippen LogP contribution in [0.2, 0.25) is 0 Å². The van der Waals surface area contributed by atoms with E-state index in [-0.39, 0.29) is 12.5 Å². The molecule has 1 amide bonds. The van der Waals surface area contributed by atoms with Crippen LogP contribution in [0, 0.1) is 0 Å². The molecule has 1 saturated heterocycles. The highest BCUT2D eigenvalue weighted by Crippen LogP contribution is 2.23. The molecule has 0 saturated carbocycles. The Labute approximate surface area is 426 Å². The minimum Gasteiger partial charge on any atom is -0.394 e. The summed E-state index contributed by atoms with van der Waals surface area (Å²) in [6.07, 6.45) is 57.0. The molecule has 0 aromatic rings. The maximum atomic E-state index is 13.0. The molecule has 0 aromatic heterocycles. The third kappa shape index (κ3) is 39.8. The Morgan fingerprint density at radius 3 is 1.22 bits per heavy atom. The first kappa shape index (κ1) is 65.7. The molecule has 0 aromatic carbocycles. The van der Waals surface area contributed by atoms with Gasteiger partial charge in [0.05, 0.1) is 25.4 Å². The number of hydrogen-bond acceptors (Lipinski definition) is 8. The summed E-state index contributed by atoms with van der Waals surface area (Å²) < 4.78 is 11.3. The van der Waals surface area contributed by atoms with Crippen molar-refractivity contribution in [3.05, 3.63) is 24.3 Å². The zero-order chi connectivity index (χ0) is 50.1. The van der Waals surface area contributed by atoms with Gasteiger partial charge in [0.15, 0.2) is 6.29 Å². The number of carbonyl (C=O) groups excluding carboxylic acids is 1. The molecule has 7 atom stereocenters. The number of rotatable bonds is 52. The lowest BCUT2D eigenvalue weighted by Gasteiger charge is -2.40. The van der Waals surface area contributed by atoms with Gasteiger partial charge in [0.2, 0.25) is 5.91 Å². The van der Waals surface area contributed by atoms with E-state index in [2.05, 4.69) is 31.3 Å². The highest BCUT2D eigenvalue weighted by atomic mass is 16.7. The van der Waals surface area contributed by atoms with Gasteiger partial charge >= 0.3 is 0 Å². The van der Waals surface area contributed by atoms with Gasteiger partial charge in [-0.25, -0.2) is 0 Å². The van der Waals surface area contributed by atoms with Crippen LogP contribution < -0.4 is 5.32 Å². The topological polar surface area (TPSA) is 149 Å². The maximum Gasteiger partial charge on any atom is 0.220 e. The molecule has 1 rings (SSSR count). The highest BCUT2D eigenvalue weighted by Gasteiger charge is 2.44. The summed E-state index contributed by atoms with van der Waals surface area (Å²) in [5.74, 6) is -0.181. The summed E-state index contributed by atoms with van der Waals surface area (Å²) in [7, 11) is 0. The van der Waals surface area contributed by atoms with Crippen molar-refractivity contribution < 1.29 is 39.8 Å². The van der Waals surface area contributed by atoms with E-state index in [4.69, 9.17) is 9.47 Å². The molecule has 0 spiro atoms. The standard InChI is InChI=1S/C60H115NO8/c1-3-5-7-9-11-13-15-17-19-20-21-22-23-24-25-26-27-28-29-30-31-32-33-34-36-38-40-42-44-46-48-50-56(64)61-53(52-68-60-59(67)58(66)57(65)55(51-62)69-60)54(63)49-47-45-43-41-39-37-35-18-16-14-12-10-8-6-4-2/h39,41,47,49,53-55,57-60,62-63,65-67H,3-38,40,42-46,48,50-52H2,1-2H3,(H,61,64)/b41-39+,49-47+. The first-order valence-electron chi connectivity index (χ1n) is 30.1. The molecule has 1 fully saturated rings. The van der Waals surface area contributed by atoms with E-state index in [1.54, 1.807) is 6.08 Å². The van der Waals surface area contributed by atoms with Crippen molar-refractivity contribution in [3.8, 4) is 0 Å². The second-order valence-corrected chi connectivity index (χ2v) is 21.1. The van der Waals surface area contributed by atoms with Gasteiger partial charge in [0.25, 0.3) is 0 Å². The van der Waals surface area contributed by atoms with Gasteiger partial charge in [-0.15, -0.1) is 0 Å². The Morgan fingerprint density at radius 1 is 0.478 bits per heavy atom. The van der Waals surface area contributed by atoms with Gasteiger partial charge in [-0.1, -0.05) is 282 Å². The normalized spacial score (nSPS) is 19.6. The third-order valence-corrected chi connectivity index (χ3v) is 14.5. The van der Waals surface area contributed by atoms with Crippen molar-refractivity contribution in [2.75, 3.05) is 13.2 Å². The fourth-order valence-electron chi connectivity index (χ4n) is 9.76. The lowest BCUT2D eigenvalue weighted by Crippen LogP contribution is -2.60. The number of carbonyl (C=O) groups is 1. The average molecular weight is 979 g/mol.